The molecule has 0 unspecified atom stereocenters. The van der Waals surface area contributed by atoms with Crippen LogP contribution in [0.5, 0.6) is 0 Å². The van der Waals surface area contributed by atoms with Gasteiger partial charge in [-0.25, -0.2) is 4.98 Å². The number of H-pyrrole nitrogens is 1. The Morgan fingerprint density at radius 3 is 2.53 bits per heavy atom. The van der Waals surface area contributed by atoms with E-state index in [2.05, 4.69) is 78.3 Å². The molecule has 184 valence electrons. The summed E-state index contributed by atoms with van der Waals surface area (Å²) in [7, 11) is 0. The summed E-state index contributed by atoms with van der Waals surface area (Å²) >= 11 is 0. The predicted molar refractivity (Wildman–Crippen MR) is 147 cm³/mol. The fraction of sp³-hybridized carbons (Fsp3) is 0.345. The van der Waals surface area contributed by atoms with E-state index >= 15 is 0 Å². The second kappa shape index (κ2) is 10.1. The lowest BCUT2D eigenvalue weighted by molar-refractivity contribution is 0.220. The number of piperidine rings is 1. The molecule has 7 nitrogen and oxygen atoms in total. The van der Waals surface area contributed by atoms with Crippen LogP contribution < -0.4 is 10.2 Å². The van der Waals surface area contributed by atoms with Crippen LogP contribution in [0.2, 0.25) is 0 Å². The lowest BCUT2D eigenvalue weighted by Crippen LogP contribution is -2.29. The number of hydrogen-bond acceptors (Lipinski definition) is 6. The third-order valence-electron chi connectivity index (χ3n) is 7.30. The zero-order chi connectivity index (χ0) is 24.3. The first kappa shape index (κ1) is 22.7. The molecule has 1 aromatic carbocycles. The van der Waals surface area contributed by atoms with Crippen LogP contribution in [0.1, 0.15) is 43.4 Å². The van der Waals surface area contributed by atoms with Crippen LogP contribution >= 0.6 is 0 Å². The van der Waals surface area contributed by atoms with Gasteiger partial charge in [-0.1, -0.05) is 19.1 Å². The van der Waals surface area contributed by atoms with Crippen LogP contribution in [0, 0.1) is 0 Å². The molecule has 2 aliphatic rings. The summed E-state index contributed by atoms with van der Waals surface area (Å²) in [4.78, 5) is 14.1. The van der Waals surface area contributed by atoms with Gasteiger partial charge in [0.05, 0.1) is 23.1 Å². The highest BCUT2D eigenvalue weighted by molar-refractivity contribution is 5.95. The average Bonchev–Trinajstić information content (AvgIpc) is 3.60. The van der Waals surface area contributed by atoms with Crippen molar-refractivity contribution in [2.45, 2.75) is 38.6 Å². The van der Waals surface area contributed by atoms with Gasteiger partial charge in [0.2, 0.25) is 0 Å². The van der Waals surface area contributed by atoms with Gasteiger partial charge in [-0.05, 0) is 80.2 Å². The minimum atomic E-state index is 0.742. The van der Waals surface area contributed by atoms with E-state index in [1.54, 1.807) is 0 Å². The molecular weight excluding hydrogens is 446 g/mol. The van der Waals surface area contributed by atoms with Gasteiger partial charge in [0.1, 0.15) is 11.5 Å². The zero-order valence-electron chi connectivity index (χ0n) is 20.7. The summed E-state index contributed by atoms with van der Waals surface area (Å²) in [5.74, 6) is 1.04. The third kappa shape index (κ3) is 4.84. The van der Waals surface area contributed by atoms with E-state index in [0.717, 1.165) is 64.6 Å². The second-order valence-electron chi connectivity index (χ2n) is 9.95. The van der Waals surface area contributed by atoms with Crippen LogP contribution in [0.4, 0.5) is 11.5 Å². The van der Waals surface area contributed by atoms with Gasteiger partial charge in [-0.15, -0.1) is 0 Å². The van der Waals surface area contributed by atoms with Gasteiger partial charge in [0.25, 0.3) is 0 Å². The monoisotopic (exact) mass is 479 g/mol. The maximum Gasteiger partial charge on any atom is 0.128 e. The first-order chi connectivity index (χ1) is 17.7. The van der Waals surface area contributed by atoms with Crippen molar-refractivity contribution >= 4 is 28.1 Å². The predicted octanol–water partition coefficient (Wildman–Crippen LogP) is 5.69. The van der Waals surface area contributed by atoms with Crippen LogP contribution in [0.3, 0.4) is 0 Å². The Morgan fingerprint density at radius 1 is 0.889 bits per heavy atom. The number of pyridine rings is 2. The maximum atomic E-state index is 4.64. The Bertz CT molecular complexity index is 1350. The van der Waals surface area contributed by atoms with Crippen molar-refractivity contribution < 1.29 is 0 Å². The van der Waals surface area contributed by atoms with Crippen LogP contribution in [0.15, 0.2) is 61.6 Å². The topological polar surface area (TPSA) is 73.0 Å². The average molecular weight is 480 g/mol. The molecule has 4 aromatic rings. The number of likely N-dealkylation sites (tertiary alicyclic amines) is 1. The van der Waals surface area contributed by atoms with Crippen molar-refractivity contribution in [2.75, 3.05) is 36.4 Å². The van der Waals surface area contributed by atoms with Crippen molar-refractivity contribution in [3.05, 3.63) is 72.8 Å². The van der Waals surface area contributed by atoms with Gasteiger partial charge in [-0.2, -0.15) is 5.10 Å². The van der Waals surface area contributed by atoms with Crippen molar-refractivity contribution in [3.63, 3.8) is 0 Å². The number of hydrogen-bond donors (Lipinski definition) is 2. The SMILES string of the molecule is C=C(Nc1ccc(N2CCCC2)nc1)c1n[nH]c2ccc(-c3cncc(CN4CCCCC4)c3)cc12. The van der Waals surface area contributed by atoms with Crippen LogP contribution in [0.25, 0.3) is 27.7 Å². The fourth-order valence-corrected chi connectivity index (χ4v) is 5.36. The highest BCUT2D eigenvalue weighted by atomic mass is 15.2. The normalized spacial score (nSPS) is 16.5. The molecule has 0 spiro atoms. The van der Waals surface area contributed by atoms with Crippen molar-refractivity contribution in [3.8, 4) is 11.1 Å². The van der Waals surface area contributed by atoms with Crippen molar-refractivity contribution in [2.24, 2.45) is 0 Å². The quantitative estimate of drug-likeness (QED) is 0.355. The highest BCUT2D eigenvalue weighted by Crippen LogP contribution is 2.29. The van der Waals surface area contributed by atoms with E-state index in [4.69, 9.17) is 0 Å². The first-order valence-electron chi connectivity index (χ1n) is 13.0. The fourth-order valence-electron chi connectivity index (χ4n) is 5.36. The van der Waals surface area contributed by atoms with Crippen LogP contribution in [-0.2, 0) is 6.54 Å². The van der Waals surface area contributed by atoms with E-state index < -0.39 is 0 Å². The summed E-state index contributed by atoms with van der Waals surface area (Å²) in [5, 5.41) is 12.1. The minimum absolute atomic E-state index is 0.742. The van der Waals surface area contributed by atoms with Gasteiger partial charge in [0, 0.05) is 43.0 Å². The number of benzene rings is 1. The molecule has 6 rings (SSSR count). The number of aromatic nitrogens is 4. The molecule has 0 radical (unpaired) electrons. The van der Waals surface area contributed by atoms with Crippen LogP contribution in [-0.4, -0.2) is 51.2 Å². The maximum absolute atomic E-state index is 4.64. The number of nitrogens with one attached hydrogen (secondary N) is 2. The Hall–Kier alpha value is -3.71. The van der Waals surface area contributed by atoms with E-state index in [1.807, 2.05) is 18.6 Å². The Balaban J connectivity index is 1.20. The molecular formula is C29H33N7. The molecule has 5 heterocycles. The van der Waals surface area contributed by atoms with Crippen molar-refractivity contribution in [1.82, 2.24) is 25.1 Å². The van der Waals surface area contributed by atoms with E-state index in [1.165, 1.54) is 50.8 Å². The van der Waals surface area contributed by atoms with Gasteiger partial charge < -0.3 is 10.2 Å². The number of aromatic amines is 1. The smallest absolute Gasteiger partial charge is 0.128 e. The molecule has 2 fully saturated rings. The van der Waals surface area contributed by atoms with E-state index in [0.29, 0.717) is 0 Å². The van der Waals surface area contributed by atoms with Gasteiger partial charge in [0.15, 0.2) is 0 Å². The molecule has 0 bridgehead atoms. The molecule has 2 saturated heterocycles. The second-order valence-corrected chi connectivity index (χ2v) is 9.95. The molecule has 3 aromatic heterocycles. The molecule has 0 atom stereocenters. The molecule has 2 N–H and O–H groups in total. The molecule has 2 aliphatic heterocycles. The number of rotatable bonds is 7. The van der Waals surface area contributed by atoms with Gasteiger partial charge in [-0.3, -0.25) is 15.0 Å². The summed E-state index contributed by atoms with van der Waals surface area (Å²) < 4.78 is 0. The highest BCUT2D eigenvalue weighted by Gasteiger charge is 2.15. The number of nitrogens with zero attached hydrogens (tertiary/aromatic N) is 5. The molecule has 0 aliphatic carbocycles. The largest absolute Gasteiger partial charge is 0.357 e. The molecule has 0 amide bonds. The standard InChI is InChI=1S/C29H33N7/c1-21(32-25-8-10-28(31-19-25)36-13-5-6-14-36)29-26-16-23(7-9-27(26)33-34-29)24-15-22(17-30-18-24)20-35-11-3-2-4-12-35/h7-10,15-19,32H,1-6,11-14,20H2,(H,33,34). The first-order valence-corrected chi connectivity index (χ1v) is 13.0. The molecule has 0 saturated carbocycles. The zero-order valence-corrected chi connectivity index (χ0v) is 20.7. The lowest BCUT2D eigenvalue weighted by atomic mass is 10.0. The summed E-state index contributed by atoms with van der Waals surface area (Å²) in [6.07, 6.45) is 12.2. The van der Waals surface area contributed by atoms with Crippen molar-refractivity contribution in [1.29, 1.82) is 0 Å². The minimum Gasteiger partial charge on any atom is -0.357 e. The Morgan fingerprint density at radius 2 is 1.72 bits per heavy atom. The van der Waals surface area contributed by atoms with Gasteiger partial charge >= 0.3 is 0 Å². The van der Waals surface area contributed by atoms with E-state index in [-0.39, 0.29) is 0 Å². The van der Waals surface area contributed by atoms with E-state index in [9.17, 15) is 0 Å². The summed E-state index contributed by atoms with van der Waals surface area (Å²) in [6, 6.07) is 12.8. The third-order valence-corrected chi connectivity index (χ3v) is 7.30. The lowest BCUT2D eigenvalue weighted by Gasteiger charge is -2.26. The summed E-state index contributed by atoms with van der Waals surface area (Å²) in [6.45, 7) is 9.78. The summed E-state index contributed by atoms with van der Waals surface area (Å²) in [5.41, 5.74) is 6.96. The molecule has 36 heavy (non-hydrogen) atoms. The number of anilines is 2. The molecule has 7 heteroatoms. The Labute approximate surface area is 212 Å². The Kier molecular flexibility index (Phi) is 6.38. The number of fused-ring (bicyclic) bond motifs is 1.